The van der Waals surface area contributed by atoms with Crippen LogP contribution in [-0.2, 0) is 4.74 Å². The molecule has 0 aliphatic heterocycles. The number of urea groups is 1. The van der Waals surface area contributed by atoms with E-state index in [1.165, 1.54) is 12.8 Å². The molecule has 1 aliphatic carbocycles. The van der Waals surface area contributed by atoms with Crippen LogP contribution in [0.5, 0.6) is 0 Å². The number of hydrogen-bond acceptors (Lipinski definition) is 3. The second-order valence-electron chi connectivity index (χ2n) is 4.12. The van der Waals surface area contributed by atoms with Gasteiger partial charge in [0.2, 0.25) is 0 Å². The third-order valence-electron chi connectivity index (χ3n) is 2.76. The van der Waals surface area contributed by atoms with Crippen molar-refractivity contribution >= 4 is 6.03 Å². The molecule has 0 saturated heterocycles. The van der Waals surface area contributed by atoms with Gasteiger partial charge in [-0.25, -0.2) is 4.79 Å². The Labute approximate surface area is 97.3 Å². The second kappa shape index (κ2) is 8.35. The zero-order valence-corrected chi connectivity index (χ0v) is 10.1. The van der Waals surface area contributed by atoms with Gasteiger partial charge in [-0.2, -0.15) is 0 Å². The van der Waals surface area contributed by atoms with Gasteiger partial charge >= 0.3 is 6.03 Å². The number of nitrogens with one attached hydrogen (secondary N) is 3. The summed E-state index contributed by atoms with van der Waals surface area (Å²) < 4.78 is 4.90. The van der Waals surface area contributed by atoms with Crippen molar-refractivity contribution in [3.8, 4) is 0 Å². The van der Waals surface area contributed by atoms with Crippen molar-refractivity contribution in [1.29, 1.82) is 0 Å². The molecule has 0 bridgehead atoms. The van der Waals surface area contributed by atoms with Crippen molar-refractivity contribution in [2.45, 2.75) is 31.7 Å². The van der Waals surface area contributed by atoms with E-state index in [9.17, 15) is 4.79 Å². The van der Waals surface area contributed by atoms with E-state index in [1.54, 1.807) is 7.11 Å². The van der Waals surface area contributed by atoms with Crippen molar-refractivity contribution in [1.82, 2.24) is 16.0 Å². The number of carbonyl (C=O) groups excluding carboxylic acids is 1. The summed E-state index contributed by atoms with van der Waals surface area (Å²) in [6.45, 7) is 2.96. The monoisotopic (exact) mass is 229 g/mol. The molecule has 0 heterocycles. The largest absolute Gasteiger partial charge is 0.383 e. The van der Waals surface area contributed by atoms with Gasteiger partial charge in [0.1, 0.15) is 0 Å². The Kier molecular flexibility index (Phi) is 6.92. The van der Waals surface area contributed by atoms with E-state index in [2.05, 4.69) is 16.0 Å². The highest BCUT2D eigenvalue weighted by molar-refractivity contribution is 5.74. The molecular weight excluding hydrogens is 206 g/mol. The van der Waals surface area contributed by atoms with Crippen LogP contribution in [0.3, 0.4) is 0 Å². The Balaban J connectivity index is 1.89. The summed E-state index contributed by atoms with van der Waals surface area (Å²) in [5.74, 6) is 0. The summed E-state index contributed by atoms with van der Waals surface area (Å²) in [4.78, 5) is 11.4. The van der Waals surface area contributed by atoms with Crippen molar-refractivity contribution in [3.05, 3.63) is 0 Å². The predicted molar refractivity (Wildman–Crippen MR) is 63.5 cm³/mol. The highest BCUT2D eigenvalue weighted by Crippen LogP contribution is 2.17. The van der Waals surface area contributed by atoms with Gasteiger partial charge in [-0.3, -0.25) is 0 Å². The molecule has 0 aromatic rings. The Bertz CT molecular complexity index is 194. The van der Waals surface area contributed by atoms with Crippen LogP contribution in [0.1, 0.15) is 25.7 Å². The molecular formula is C11H23N3O2. The number of methoxy groups -OCH3 is 1. The lowest BCUT2D eigenvalue weighted by atomic mass is 10.2. The van der Waals surface area contributed by atoms with Gasteiger partial charge < -0.3 is 20.7 Å². The lowest BCUT2D eigenvalue weighted by Crippen LogP contribution is -2.43. The zero-order valence-electron chi connectivity index (χ0n) is 10.1. The highest BCUT2D eigenvalue weighted by atomic mass is 16.5. The Morgan fingerprint density at radius 2 is 2.00 bits per heavy atom. The van der Waals surface area contributed by atoms with Gasteiger partial charge in [-0.05, 0) is 12.8 Å². The summed E-state index contributed by atoms with van der Waals surface area (Å²) in [5.41, 5.74) is 0. The maximum absolute atomic E-state index is 11.4. The fourth-order valence-electron chi connectivity index (χ4n) is 1.87. The summed E-state index contributed by atoms with van der Waals surface area (Å²) in [7, 11) is 1.68. The average Bonchev–Trinajstić information content (AvgIpc) is 2.76. The van der Waals surface area contributed by atoms with E-state index in [0.29, 0.717) is 19.2 Å². The number of carbonyl (C=O) groups is 1. The van der Waals surface area contributed by atoms with Gasteiger partial charge in [0, 0.05) is 32.8 Å². The summed E-state index contributed by atoms with van der Waals surface area (Å²) in [5, 5.41) is 8.98. The third-order valence-corrected chi connectivity index (χ3v) is 2.76. The molecule has 0 radical (unpaired) electrons. The van der Waals surface area contributed by atoms with Gasteiger partial charge in [0.05, 0.1) is 6.61 Å². The number of rotatable bonds is 7. The van der Waals surface area contributed by atoms with Crippen molar-refractivity contribution < 1.29 is 9.53 Å². The number of hydrogen-bond donors (Lipinski definition) is 3. The SMILES string of the molecule is COCCNCCNC(=O)NC1CCCC1. The predicted octanol–water partition coefficient (Wildman–Crippen LogP) is 0.464. The van der Waals surface area contributed by atoms with Crippen molar-refractivity contribution in [3.63, 3.8) is 0 Å². The standard InChI is InChI=1S/C11H23N3O2/c1-16-9-8-12-6-7-13-11(15)14-10-4-2-3-5-10/h10,12H,2-9H2,1H3,(H2,13,14,15). The number of ether oxygens (including phenoxy) is 1. The first-order valence-electron chi connectivity index (χ1n) is 6.07. The van der Waals surface area contributed by atoms with E-state index in [4.69, 9.17) is 4.74 Å². The fourth-order valence-corrected chi connectivity index (χ4v) is 1.87. The van der Waals surface area contributed by atoms with E-state index in [1.807, 2.05) is 0 Å². The van der Waals surface area contributed by atoms with Crippen molar-refractivity contribution in [2.24, 2.45) is 0 Å². The van der Waals surface area contributed by atoms with Crippen LogP contribution in [0, 0.1) is 0 Å². The molecule has 1 rings (SSSR count). The third kappa shape index (κ3) is 5.92. The molecule has 2 amide bonds. The second-order valence-corrected chi connectivity index (χ2v) is 4.12. The molecule has 1 aliphatic rings. The smallest absolute Gasteiger partial charge is 0.315 e. The van der Waals surface area contributed by atoms with Crippen LogP contribution in [0.2, 0.25) is 0 Å². The number of amides is 2. The molecule has 94 valence electrons. The van der Waals surface area contributed by atoms with E-state index in [-0.39, 0.29) is 6.03 Å². The minimum Gasteiger partial charge on any atom is -0.383 e. The van der Waals surface area contributed by atoms with Crippen LogP contribution >= 0.6 is 0 Å². The molecule has 1 fully saturated rings. The van der Waals surface area contributed by atoms with Gasteiger partial charge in [0.15, 0.2) is 0 Å². The van der Waals surface area contributed by atoms with Gasteiger partial charge in [-0.15, -0.1) is 0 Å². The molecule has 3 N–H and O–H groups in total. The van der Waals surface area contributed by atoms with Gasteiger partial charge in [-0.1, -0.05) is 12.8 Å². The lowest BCUT2D eigenvalue weighted by molar-refractivity contribution is 0.199. The van der Waals surface area contributed by atoms with Crippen LogP contribution in [0.4, 0.5) is 4.79 Å². The van der Waals surface area contributed by atoms with Gasteiger partial charge in [0.25, 0.3) is 0 Å². The van der Waals surface area contributed by atoms with Crippen LogP contribution in [0.15, 0.2) is 0 Å². The molecule has 1 saturated carbocycles. The Hall–Kier alpha value is -0.810. The minimum absolute atomic E-state index is 0.0413. The van der Waals surface area contributed by atoms with Crippen LogP contribution < -0.4 is 16.0 Å². The maximum atomic E-state index is 11.4. The lowest BCUT2D eigenvalue weighted by Gasteiger charge is -2.13. The van der Waals surface area contributed by atoms with E-state index in [0.717, 1.165) is 25.9 Å². The highest BCUT2D eigenvalue weighted by Gasteiger charge is 2.16. The molecule has 5 heteroatoms. The molecule has 16 heavy (non-hydrogen) atoms. The average molecular weight is 229 g/mol. The fraction of sp³-hybridized carbons (Fsp3) is 0.909. The quantitative estimate of drug-likeness (QED) is 0.556. The summed E-state index contributed by atoms with van der Waals surface area (Å²) in [6.07, 6.45) is 4.73. The summed E-state index contributed by atoms with van der Waals surface area (Å²) >= 11 is 0. The van der Waals surface area contributed by atoms with E-state index >= 15 is 0 Å². The van der Waals surface area contributed by atoms with Crippen LogP contribution in [-0.4, -0.2) is 45.4 Å². The first kappa shape index (κ1) is 13.3. The molecule has 0 spiro atoms. The zero-order chi connectivity index (χ0) is 11.6. The van der Waals surface area contributed by atoms with Crippen LogP contribution in [0.25, 0.3) is 0 Å². The Morgan fingerprint density at radius 1 is 1.25 bits per heavy atom. The van der Waals surface area contributed by atoms with E-state index < -0.39 is 0 Å². The topological polar surface area (TPSA) is 62.4 Å². The first-order valence-corrected chi connectivity index (χ1v) is 6.07. The minimum atomic E-state index is -0.0413. The molecule has 0 aromatic carbocycles. The first-order chi connectivity index (χ1) is 7.83. The normalized spacial score (nSPS) is 16.3. The Morgan fingerprint density at radius 3 is 2.69 bits per heavy atom. The molecule has 5 nitrogen and oxygen atoms in total. The van der Waals surface area contributed by atoms with Crippen molar-refractivity contribution in [2.75, 3.05) is 33.4 Å². The molecule has 0 atom stereocenters. The molecule has 0 unspecified atom stereocenters. The summed E-state index contributed by atoms with van der Waals surface area (Å²) in [6, 6.07) is 0.349. The maximum Gasteiger partial charge on any atom is 0.315 e. The molecule has 0 aromatic heterocycles.